The number of halogens is 1. The lowest BCUT2D eigenvalue weighted by Crippen LogP contribution is -2.32. The summed E-state index contributed by atoms with van der Waals surface area (Å²) in [6.07, 6.45) is 4.62. The summed E-state index contributed by atoms with van der Waals surface area (Å²) < 4.78 is 7.46. The summed E-state index contributed by atoms with van der Waals surface area (Å²) in [7, 11) is 0. The van der Waals surface area contributed by atoms with Crippen LogP contribution in [-0.2, 0) is 11.3 Å². The van der Waals surface area contributed by atoms with Crippen LogP contribution in [0, 0.1) is 0 Å². The van der Waals surface area contributed by atoms with Crippen LogP contribution >= 0.6 is 22.9 Å². The van der Waals surface area contributed by atoms with Crippen LogP contribution in [0.25, 0.3) is 21.9 Å². The van der Waals surface area contributed by atoms with Crippen LogP contribution in [0.1, 0.15) is 43.7 Å². The molecule has 7 nitrogen and oxygen atoms in total. The van der Waals surface area contributed by atoms with Crippen LogP contribution in [0.4, 0.5) is 5.69 Å². The number of hydrogen-bond acceptors (Lipinski definition) is 6. The van der Waals surface area contributed by atoms with E-state index in [0.29, 0.717) is 39.1 Å². The first-order valence-corrected chi connectivity index (χ1v) is 14.6. The molecule has 0 fully saturated rings. The van der Waals surface area contributed by atoms with Gasteiger partial charge in [0.1, 0.15) is 10.3 Å². The van der Waals surface area contributed by atoms with Crippen molar-refractivity contribution in [2.45, 2.75) is 39.2 Å². The average molecular weight is 571 g/mol. The normalized spacial score (nSPS) is 14.2. The molecule has 0 unspecified atom stereocenters. The van der Waals surface area contributed by atoms with Gasteiger partial charge in [0.15, 0.2) is 5.82 Å². The van der Waals surface area contributed by atoms with E-state index >= 15 is 0 Å². The highest BCUT2D eigenvalue weighted by atomic mass is 35.5. The Morgan fingerprint density at radius 2 is 1.70 bits per heavy atom. The second kappa shape index (κ2) is 11.2. The van der Waals surface area contributed by atoms with Crippen molar-refractivity contribution in [1.29, 1.82) is 0 Å². The van der Waals surface area contributed by atoms with E-state index in [9.17, 15) is 9.59 Å². The molecule has 9 heteroatoms. The lowest BCUT2D eigenvalue weighted by Gasteiger charge is -2.17. The van der Waals surface area contributed by atoms with Gasteiger partial charge in [0.25, 0.3) is 11.5 Å². The summed E-state index contributed by atoms with van der Waals surface area (Å²) in [5.41, 5.74) is 3.26. The van der Waals surface area contributed by atoms with Crippen molar-refractivity contribution in [3.05, 3.63) is 104 Å². The highest BCUT2D eigenvalue weighted by Crippen LogP contribution is 2.36. The molecular weight excluding hydrogens is 544 g/mol. The van der Waals surface area contributed by atoms with Crippen LogP contribution < -0.4 is 19.7 Å². The van der Waals surface area contributed by atoms with Crippen molar-refractivity contribution in [1.82, 2.24) is 14.6 Å². The number of benzene rings is 3. The summed E-state index contributed by atoms with van der Waals surface area (Å²) in [6, 6.07) is 22.5. The maximum Gasteiger partial charge on any atom is 0.291 e. The first kappa shape index (κ1) is 26.2. The zero-order chi connectivity index (χ0) is 27.6. The summed E-state index contributed by atoms with van der Waals surface area (Å²) >= 11 is 7.22. The van der Waals surface area contributed by atoms with Crippen LogP contribution in [0.15, 0.2) is 77.6 Å². The largest absolute Gasteiger partial charge is 0.494 e. The Balaban J connectivity index is 1.30. The third-order valence-electron chi connectivity index (χ3n) is 6.94. The molecule has 6 rings (SSSR count). The number of unbranched alkanes of at least 4 members (excludes halogenated alkanes) is 3. The van der Waals surface area contributed by atoms with Gasteiger partial charge in [0.05, 0.1) is 24.4 Å². The zero-order valence-corrected chi connectivity index (χ0v) is 23.5. The molecule has 1 aliphatic heterocycles. The summed E-state index contributed by atoms with van der Waals surface area (Å²) in [5, 5.41) is 5.12. The number of rotatable bonds is 9. The molecule has 1 aliphatic rings. The highest BCUT2D eigenvalue weighted by Gasteiger charge is 2.34. The molecule has 0 bridgehead atoms. The minimum Gasteiger partial charge on any atom is -0.494 e. The van der Waals surface area contributed by atoms with E-state index in [-0.39, 0.29) is 11.5 Å². The number of anilines is 1. The first-order chi connectivity index (χ1) is 19.5. The van der Waals surface area contributed by atoms with Gasteiger partial charge in [-0.05, 0) is 54.4 Å². The maximum atomic E-state index is 13.7. The van der Waals surface area contributed by atoms with Crippen LogP contribution in [0.5, 0.6) is 5.75 Å². The Morgan fingerprint density at radius 3 is 2.45 bits per heavy atom. The fraction of sp³-hybridized carbons (Fsp3) is 0.226. The molecule has 1 amide bonds. The molecule has 0 saturated heterocycles. The van der Waals surface area contributed by atoms with Gasteiger partial charge in [-0.2, -0.15) is 9.50 Å². The Bertz CT molecular complexity index is 1800. The van der Waals surface area contributed by atoms with Gasteiger partial charge in [0.2, 0.25) is 4.96 Å². The van der Waals surface area contributed by atoms with Crippen LogP contribution in [-0.4, -0.2) is 27.1 Å². The monoisotopic (exact) mass is 570 g/mol. The molecule has 0 spiro atoms. The molecular formula is C31H27ClN4O3S. The first-order valence-electron chi connectivity index (χ1n) is 13.4. The van der Waals surface area contributed by atoms with Crippen molar-refractivity contribution >= 4 is 45.1 Å². The number of para-hydroxylation sites is 1. The van der Waals surface area contributed by atoms with E-state index in [1.807, 2.05) is 60.7 Å². The fourth-order valence-corrected chi connectivity index (χ4v) is 5.98. The van der Waals surface area contributed by atoms with Gasteiger partial charge in [-0.1, -0.05) is 79.5 Å². The SMILES string of the molecule is CCCCCCOc1ccc(-c2nc3s/c(=C4\C(=O)N(Cc5ccc(Cl)cc5)c5ccccc54)c(=O)n3n2)cc1. The van der Waals surface area contributed by atoms with Crippen molar-refractivity contribution in [2.75, 3.05) is 11.5 Å². The van der Waals surface area contributed by atoms with E-state index in [2.05, 4.69) is 17.0 Å². The van der Waals surface area contributed by atoms with Crippen molar-refractivity contribution in [3.8, 4) is 17.1 Å². The number of fused-ring (bicyclic) bond motifs is 2. The summed E-state index contributed by atoms with van der Waals surface area (Å²) in [4.78, 5) is 34.0. The lowest BCUT2D eigenvalue weighted by molar-refractivity contribution is -0.113. The minimum absolute atomic E-state index is 0.219. The van der Waals surface area contributed by atoms with Crippen LogP contribution in [0.2, 0.25) is 5.02 Å². The van der Waals surface area contributed by atoms with Gasteiger partial charge < -0.3 is 9.64 Å². The molecule has 5 aromatic rings. The Hall–Kier alpha value is -4.01. The summed E-state index contributed by atoms with van der Waals surface area (Å²) in [5.74, 6) is 1.03. The molecule has 0 N–H and O–H groups in total. The van der Waals surface area contributed by atoms with Gasteiger partial charge in [-0.3, -0.25) is 9.59 Å². The number of thiazole rings is 1. The fourth-order valence-electron chi connectivity index (χ4n) is 4.86. The molecule has 3 heterocycles. The predicted octanol–water partition coefficient (Wildman–Crippen LogP) is 5.90. The number of carbonyl (C=O) groups excluding carboxylic acids is 1. The smallest absolute Gasteiger partial charge is 0.291 e. The Labute approximate surface area is 240 Å². The van der Waals surface area contributed by atoms with E-state index < -0.39 is 0 Å². The molecule has 202 valence electrons. The molecule has 0 atom stereocenters. The van der Waals surface area contributed by atoms with Crippen molar-refractivity contribution in [2.24, 2.45) is 0 Å². The molecule has 40 heavy (non-hydrogen) atoms. The second-order valence-electron chi connectivity index (χ2n) is 9.71. The minimum atomic E-state index is -0.350. The highest BCUT2D eigenvalue weighted by molar-refractivity contribution is 7.15. The maximum absolute atomic E-state index is 13.7. The number of hydrogen-bond donors (Lipinski definition) is 0. The van der Waals surface area contributed by atoms with Crippen LogP contribution in [0.3, 0.4) is 0 Å². The van der Waals surface area contributed by atoms with Gasteiger partial charge in [0, 0.05) is 16.1 Å². The predicted molar refractivity (Wildman–Crippen MR) is 159 cm³/mol. The Kier molecular flexibility index (Phi) is 7.36. The molecule has 3 aromatic carbocycles. The quantitative estimate of drug-likeness (QED) is 0.206. The number of nitrogens with zero attached hydrogens (tertiary/aromatic N) is 4. The lowest BCUT2D eigenvalue weighted by atomic mass is 10.1. The molecule has 2 aromatic heterocycles. The van der Waals surface area contributed by atoms with Crippen molar-refractivity contribution < 1.29 is 9.53 Å². The number of amides is 1. The third-order valence-corrected chi connectivity index (χ3v) is 8.22. The summed E-state index contributed by atoms with van der Waals surface area (Å²) in [6.45, 7) is 3.25. The van der Waals surface area contributed by atoms with E-state index in [0.717, 1.165) is 34.5 Å². The Morgan fingerprint density at radius 1 is 0.925 bits per heavy atom. The second-order valence-corrected chi connectivity index (χ2v) is 11.1. The number of aromatic nitrogens is 3. The number of ether oxygens (including phenoxy) is 1. The molecule has 0 saturated carbocycles. The van der Waals surface area contributed by atoms with Crippen molar-refractivity contribution in [3.63, 3.8) is 0 Å². The van der Waals surface area contributed by atoms with Gasteiger partial charge in [-0.15, -0.1) is 5.10 Å². The zero-order valence-electron chi connectivity index (χ0n) is 22.0. The number of carbonyl (C=O) groups is 1. The topological polar surface area (TPSA) is 76.8 Å². The van der Waals surface area contributed by atoms with E-state index in [1.54, 1.807) is 17.0 Å². The van der Waals surface area contributed by atoms with E-state index in [4.69, 9.17) is 16.3 Å². The molecule has 0 radical (unpaired) electrons. The van der Waals surface area contributed by atoms with E-state index in [1.165, 1.54) is 35.1 Å². The standard InChI is InChI=1S/C31H27ClN4O3S/c1-2-3-4-7-18-39-23-16-12-21(13-17-23)28-33-31-36(34-28)30(38)27(40-31)26-24-8-5-6-9-25(24)35(29(26)37)19-20-10-14-22(32)15-11-20/h5-6,8-17H,2-4,7,18-19H2,1H3/b27-26-. The molecule has 0 aliphatic carbocycles. The van der Waals surface area contributed by atoms with Gasteiger partial charge in [-0.25, -0.2) is 0 Å². The third kappa shape index (κ3) is 5.00. The average Bonchev–Trinajstić information content (AvgIpc) is 3.61. The van der Waals surface area contributed by atoms with Gasteiger partial charge >= 0.3 is 0 Å².